The number of hydrogen-bond acceptors (Lipinski definition) is 4. The summed E-state index contributed by atoms with van der Waals surface area (Å²) in [6, 6.07) is 5.51. The van der Waals surface area contributed by atoms with E-state index in [1.165, 1.54) is 6.20 Å². The quantitative estimate of drug-likeness (QED) is 0.837. The van der Waals surface area contributed by atoms with Gasteiger partial charge in [-0.05, 0) is 34.1 Å². The van der Waals surface area contributed by atoms with E-state index in [0.717, 1.165) is 10.2 Å². The molecule has 0 unspecified atom stereocenters. The molecule has 1 aromatic carbocycles. The average Bonchev–Trinajstić information content (AvgIpc) is 2.34. The molecule has 2 aromatic rings. The van der Waals surface area contributed by atoms with E-state index in [4.69, 9.17) is 29.6 Å². The highest BCUT2D eigenvalue weighted by molar-refractivity contribution is 9.10. The molecule has 0 amide bonds. The van der Waals surface area contributed by atoms with Gasteiger partial charge in [0.05, 0.1) is 17.4 Å². The van der Waals surface area contributed by atoms with Crippen molar-refractivity contribution in [3.63, 3.8) is 0 Å². The van der Waals surface area contributed by atoms with E-state index in [9.17, 15) is 0 Å². The summed E-state index contributed by atoms with van der Waals surface area (Å²) in [5.74, 6) is 0.591. The van der Waals surface area contributed by atoms with Gasteiger partial charge in [0, 0.05) is 10.2 Å². The second-order valence-corrected chi connectivity index (χ2v) is 5.11. The minimum atomic E-state index is 0.223. The van der Waals surface area contributed by atoms with E-state index in [1.54, 1.807) is 12.3 Å². The number of aromatic nitrogens is 2. The van der Waals surface area contributed by atoms with E-state index in [1.807, 2.05) is 12.1 Å². The Bertz CT molecular complexity index is 588. The van der Waals surface area contributed by atoms with Crippen LogP contribution in [0.1, 0.15) is 5.69 Å². The van der Waals surface area contributed by atoms with Crippen molar-refractivity contribution in [2.45, 2.75) is 0 Å². The van der Waals surface area contributed by atoms with Crippen LogP contribution >= 0.6 is 39.7 Å². The Kier molecular flexibility index (Phi) is 4.11. The topological polar surface area (TPSA) is 63.8 Å². The number of hydrogen-bond donors (Lipinski definition) is 2. The smallest absolute Gasteiger partial charge is 0.148 e. The highest BCUT2D eigenvalue weighted by atomic mass is 79.9. The molecule has 0 fully saturated rings. The fourth-order valence-corrected chi connectivity index (χ4v) is 1.77. The molecule has 0 spiro atoms. The average molecular weight is 344 g/mol. The molecule has 3 N–H and O–H groups in total. The van der Waals surface area contributed by atoms with Crippen molar-refractivity contribution in [2.75, 3.05) is 5.32 Å². The minimum absolute atomic E-state index is 0.223. The predicted molar refractivity (Wildman–Crippen MR) is 80.4 cm³/mol. The van der Waals surface area contributed by atoms with Gasteiger partial charge >= 0.3 is 0 Å². The van der Waals surface area contributed by atoms with Crippen LogP contribution in [0.25, 0.3) is 0 Å². The summed E-state index contributed by atoms with van der Waals surface area (Å²) in [5, 5.41) is 3.69. The van der Waals surface area contributed by atoms with Crippen molar-refractivity contribution >= 4 is 56.2 Å². The lowest BCUT2D eigenvalue weighted by Gasteiger charge is -2.06. The van der Waals surface area contributed by atoms with E-state index in [-0.39, 0.29) is 4.99 Å². The maximum absolute atomic E-state index is 5.99. The summed E-state index contributed by atoms with van der Waals surface area (Å²) >= 11 is 14.1. The number of rotatable bonds is 3. The second kappa shape index (κ2) is 5.60. The van der Waals surface area contributed by atoms with Gasteiger partial charge in [0.15, 0.2) is 0 Å². The van der Waals surface area contributed by atoms with Gasteiger partial charge in [0.2, 0.25) is 0 Å². The molecular formula is C11H8BrClN4S. The standard InChI is InChI=1S/C11H8BrClN4S/c12-7-2-1-6(3-8(7)13)17-10-5-15-9(4-16-10)11(14)18/h1-5H,(H2,14,18)(H,16,17). The normalized spacial score (nSPS) is 10.1. The Balaban J connectivity index is 2.18. The maximum Gasteiger partial charge on any atom is 0.148 e. The van der Waals surface area contributed by atoms with Crippen LogP contribution in [0, 0.1) is 0 Å². The predicted octanol–water partition coefficient (Wildman–Crippen LogP) is 3.27. The van der Waals surface area contributed by atoms with Gasteiger partial charge in [-0.2, -0.15) is 0 Å². The second-order valence-electron chi connectivity index (χ2n) is 3.41. The van der Waals surface area contributed by atoms with Crippen LogP contribution in [0.5, 0.6) is 0 Å². The summed E-state index contributed by atoms with van der Waals surface area (Å²) in [6.45, 7) is 0. The first-order valence-electron chi connectivity index (χ1n) is 4.90. The van der Waals surface area contributed by atoms with Crippen LogP contribution in [-0.2, 0) is 0 Å². The van der Waals surface area contributed by atoms with Crippen LogP contribution in [-0.4, -0.2) is 15.0 Å². The SMILES string of the molecule is NC(=S)c1cnc(Nc2ccc(Br)c(Cl)c2)cn1. The molecule has 2 rings (SSSR count). The Hall–Kier alpha value is -1.24. The monoisotopic (exact) mass is 342 g/mol. The number of nitrogens with two attached hydrogens (primary N) is 1. The number of nitrogens with zero attached hydrogens (tertiary/aromatic N) is 2. The van der Waals surface area contributed by atoms with Gasteiger partial charge in [-0.3, -0.25) is 0 Å². The zero-order valence-corrected chi connectivity index (χ0v) is 12.2. The summed E-state index contributed by atoms with van der Waals surface area (Å²) in [7, 11) is 0. The minimum Gasteiger partial charge on any atom is -0.388 e. The van der Waals surface area contributed by atoms with Crippen molar-refractivity contribution in [2.24, 2.45) is 5.73 Å². The van der Waals surface area contributed by atoms with Gasteiger partial charge in [-0.1, -0.05) is 23.8 Å². The van der Waals surface area contributed by atoms with Crippen LogP contribution in [0.4, 0.5) is 11.5 Å². The molecular weight excluding hydrogens is 336 g/mol. The van der Waals surface area contributed by atoms with Crippen LogP contribution < -0.4 is 11.1 Å². The first-order valence-corrected chi connectivity index (χ1v) is 6.48. The molecule has 18 heavy (non-hydrogen) atoms. The fraction of sp³-hybridized carbons (Fsp3) is 0. The van der Waals surface area contributed by atoms with E-state index in [0.29, 0.717) is 16.5 Å². The molecule has 0 bridgehead atoms. The molecule has 0 saturated heterocycles. The molecule has 0 aliphatic heterocycles. The molecule has 0 radical (unpaired) electrons. The molecule has 92 valence electrons. The van der Waals surface area contributed by atoms with Gasteiger partial charge in [0.1, 0.15) is 16.5 Å². The molecule has 7 heteroatoms. The number of anilines is 2. The third-order valence-corrected chi connectivity index (χ3v) is 3.54. The summed E-state index contributed by atoms with van der Waals surface area (Å²) in [4.78, 5) is 8.46. The lowest BCUT2D eigenvalue weighted by molar-refractivity contribution is 1.18. The Labute approximate surface area is 123 Å². The zero-order valence-electron chi connectivity index (χ0n) is 9.02. The summed E-state index contributed by atoms with van der Waals surface area (Å²) < 4.78 is 0.838. The summed E-state index contributed by atoms with van der Waals surface area (Å²) in [6.07, 6.45) is 3.08. The van der Waals surface area contributed by atoms with Gasteiger partial charge in [-0.15, -0.1) is 0 Å². The molecule has 1 heterocycles. The third-order valence-electron chi connectivity index (χ3n) is 2.10. The van der Waals surface area contributed by atoms with Crippen molar-refractivity contribution in [1.29, 1.82) is 0 Å². The number of benzene rings is 1. The molecule has 0 aliphatic rings. The first kappa shape index (κ1) is 13.2. The van der Waals surface area contributed by atoms with Crippen LogP contribution in [0.2, 0.25) is 5.02 Å². The zero-order chi connectivity index (χ0) is 13.1. The molecule has 0 saturated carbocycles. The highest BCUT2D eigenvalue weighted by Crippen LogP contribution is 2.26. The number of nitrogens with one attached hydrogen (secondary N) is 1. The fourth-order valence-electron chi connectivity index (χ4n) is 1.24. The number of halogens is 2. The van der Waals surface area contributed by atoms with Crippen LogP contribution in [0.15, 0.2) is 35.1 Å². The molecule has 0 aliphatic carbocycles. The molecule has 0 atom stereocenters. The first-order chi connectivity index (χ1) is 8.56. The van der Waals surface area contributed by atoms with Crippen molar-refractivity contribution in [1.82, 2.24) is 9.97 Å². The van der Waals surface area contributed by atoms with E-state index < -0.39 is 0 Å². The van der Waals surface area contributed by atoms with Crippen molar-refractivity contribution in [3.8, 4) is 0 Å². The Morgan fingerprint density at radius 2 is 2.11 bits per heavy atom. The molecule has 1 aromatic heterocycles. The van der Waals surface area contributed by atoms with E-state index >= 15 is 0 Å². The highest BCUT2D eigenvalue weighted by Gasteiger charge is 2.02. The summed E-state index contributed by atoms with van der Waals surface area (Å²) in [5.41, 5.74) is 6.75. The maximum atomic E-state index is 5.99. The van der Waals surface area contributed by atoms with Crippen molar-refractivity contribution in [3.05, 3.63) is 45.8 Å². The molecule has 4 nitrogen and oxygen atoms in total. The van der Waals surface area contributed by atoms with Crippen LogP contribution in [0.3, 0.4) is 0 Å². The Morgan fingerprint density at radius 3 is 2.67 bits per heavy atom. The third kappa shape index (κ3) is 3.16. The number of thiocarbonyl (C=S) groups is 1. The van der Waals surface area contributed by atoms with E-state index in [2.05, 4.69) is 31.2 Å². The van der Waals surface area contributed by atoms with Crippen molar-refractivity contribution < 1.29 is 0 Å². The lowest BCUT2D eigenvalue weighted by Crippen LogP contribution is -2.12. The Morgan fingerprint density at radius 1 is 1.33 bits per heavy atom. The van der Waals surface area contributed by atoms with Gasteiger partial charge < -0.3 is 11.1 Å². The lowest BCUT2D eigenvalue weighted by atomic mass is 10.3. The van der Waals surface area contributed by atoms with Gasteiger partial charge in [-0.25, -0.2) is 9.97 Å². The largest absolute Gasteiger partial charge is 0.388 e. The van der Waals surface area contributed by atoms with Gasteiger partial charge in [0.25, 0.3) is 0 Å².